The molecule has 92 valence electrons. The first-order valence-corrected chi connectivity index (χ1v) is 6.37. The van der Waals surface area contributed by atoms with Gasteiger partial charge in [-0.05, 0) is 26.2 Å². The van der Waals surface area contributed by atoms with Crippen LogP contribution in [0.5, 0.6) is 0 Å². The third-order valence-corrected chi connectivity index (χ3v) is 4.35. The van der Waals surface area contributed by atoms with Gasteiger partial charge in [-0.2, -0.15) is 0 Å². The lowest BCUT2D eigenvalue weighted by Crippen LogP contribution is -2.57. The van der Waals surface area contributed by atoms with E-state index in [4.69, 9.17) is 18.0 Å². The molecule has 0 aromatic carbocycles. The average Bonchev–Trinajstić information content (AvgIpc) is 2.66. The smallest absolute Gasteiger partial charge is 0.226 e. The summed E-state index contributed by atoms with van der Waals surface area (Å²) in [7, 11) is 0. The molecule has 1 fully saturated rings. The van der Waals surface area contributed by atoms with Crippen LogP contribution in [0.1, 0.15) is 52.9 Å². The van der Waals surface area contributed by atoms with Gasteiger partial charge in [-0.1, -0.05) is 38.9 Å². The fraction of sp³-hybridized carbons (Fsp3) is 0.833. The zero-order valence-corrected chi connectivity index (χ0v) is 11.2. The van der Waals surface area contributed by atoms with Crippen LogP contribution in [0.4, 0.5) is 0 Å². The largest absolute Gasteiger partial charge is 0.391 e. The number of thiocarbonyl (C=S) groups is 1. The molecular formula is C12H22N2OS. The molecular weight excluding hydrogens is 220 g/mol. The molecule has 0 radical (unpaired) electrons. The standard InChI is InChI=1S/C12H22N2OS/c1-4-12(3,9(13)16)14-10(15)11(2)7-5-6-8-11/h4-8H2,1-3H3,(H2,13,16)(H,14,15). The van der Waals surface area contributed by atoms with Crippen molar-refractivity contribution in [1.82, 2.24) is 5.32 Å². The average molecular weight is 242 g/mol. The minimum Gasteiger partial charge on any atom is -0.391 e. The van der Waals surface area contributed by atoms with E-state index in [9.17, 15) is 4.79 Å². The third-order valence-electron chi connectivity index (χ3n) is 3.90. The second-order valence-electron chi connectivity index (χ2n) is 5.27. The summed E-state index contributed by atoms with van der Waals surface area (Å²) in [4.78, 5) is 12.6. The Hall–Kier alpha value is -0.640. The van der Waals surface area contributed by atoms with E-state index in [1.807, 2.05) is 20.8 Å². The highest BCUT2D eigenvalue weighted by molar-refractivity contribution is 7.80. The van der Waals surface area contributed by atoms with Crippen LogP contribution in [-0.2, 0) is 4.79 Å². The molecule has 1 rings (SSSR count). The summed E-state index contributed by atoms with van der Waals surface area (Å²) in [5.74, 6) is 0.0992. The highest BCUT2D eigenvalue weighted by Gasteiger charge is 2.39. The first kappa shape index (κ1) is 13.4. The minimum atomic E-state index is -0.544. The topological polar surface area (TPSA) is 55.1 Å². The predicted octanol–water partition coefficient (Wildman–Crippen LogP) is 2.14. The van der Waals surface area contributed by atoms with E-state index >= 15 is 0 Å². The maximum Gasteiger partial charge on any atom is 0.226 e. The van der Waals surface area contributed by atoms with Gasteiger partial charge in [0, 0.05) is 5.41 Å². The van der Waals surface area contributed by atoms with Crippen LogP contribution < -0.4 is 11.1 Å². The minimum absolute atomic E-state index is 0.0992. The van der Waals surface area contributed by atoms with Gasteiger partial charge in [-0.3, -0.25) is 4.79 Å². The maximum atomic E-state index is 12.2. The Morgan fingerprint density at radius 3 is 2.38 bits per heavy atom. The van der Waals surface area contributed by atoms with Gasteiger partial charge in [-0.15, -0.1) is 0 Å². The van der Waals surface area contributed by atoms with Gasteiger partial charge in [0.1, 0.15) is 0 Å². The van der Waals surface area contributed by atoms with Crippen molar-refractivity contribution in [2.75, 3.05) is 0 Å². The number of rotatable bonds is 4. The van der Waals surface area contributed by atoms with E-state index in [1.54, 1.807) is 0 Å². The van der Waals surface area contributed by atoms with Crippen LogP contribution in [0.3, 0.4) is 0 Å². The molecule has 0 spiro atoms. The van der Waals surface area contributed by atoms with Gasteiger partial charge >= 0.3 is 0 Å². The normalized spacial score (nSPS) is 22.4. The highest BCUT2D eigenvalue weighted by Crippen LogP contribution is 2.38. The predicted molar refractivity (Wildman–Crippen MR) is 70.2 cm³/mol. The van der Waals surface area contributed by atoms with E-state index in [0.717, 1.165) is 32.1 Å². The van der Waals surface area contributed by atoms with Crippen LogP contribution in [0.15, 0.2) is 0 Å². The quantitative estimate of drug-likeness (QED) is 0.743. The number of hydrogen-bond acceptors (Lipinski definition) is 2. The fourth-order valence-electron chi connectivity index (χ4n) is 2.11. The fourth-order valence-corrected chi connectivity index (χ4v) is 2.30. The lowest BCUT2D eigenvalue weighted by molar-refractivity contribution is -0.131. The molecule has 1 atom stereocenters. The Kier molecular flexibility index (Phi) is 3.94. The molecule has 1 aliphatic rings. The van der Waals surface area contributed by atoms with Crippen molar-refractivity contribution >= 4 is 23.1 Å². The number of nitrogens with one attached hydrogen (secondary N) is 1. The lowest BCUT2D eigenvalue weighted by atomic mass is 9.86. The third kappa shape index (κ3) is 2.54. The Morgan fingerprint density at radius 2 is 2.00 bits per heavy atom. The van der Waals surface area contributed by atoms with Crippen LogP contribution in [0, 0.1) is 5.41 Å². The molecule has 1 saturated carbocycles. The molecule has 0 bridgehead atoms. The van der Waals surface area contributed by atoms with Gasteiger partial charge in [-0.25, -0.2) is 0 Å². The van der Waals surface area contributed by atoms with Crippen LogP contribution in [-0.4, -0.2) is 16.4 Å². The second kappa shape index (κ2) is 4.70. The summed E-state index contributed by atoms with van der Waals surface area (Å²) in [5.41, 5.74) is 4.92. The molecule has 1 amide bonds. The molecule has 4 heteroatoms. The molecule has 3 N–H and O–H groups in total. The number of hydrogen-bond donors (Lipinski definition) is 2. The molecule has 1 unspecified atom stereocenters. The van der Waals surface area contributed by atoms with Crippen molar-refractivity contribution < 1.29 is 4.79 Å². The van der Waals surface area contributed by atoms with E-state index in [1.165, 1.54) is 0 Å². The Bertz CT molecular complexity index is 297. The number of carbonyl (C=O) groups excluding carboxylic acids is 1. The number of nitrogens with two attached hydrogens (primary N) is 1. The van der Waals surface area contributed by atoms with E-state index < -0.39 is 5.54 Å². The molecule has 0 aromatic heterocycles. The molecule has 3 nitrogen and oxygen atoms in total. The summed E-state index contributed by atoms with van der Waals surface area (Å²) in [6.45, 7) is 5.91. The van der Waals surface area contributed by atoms with E-state index in [-0.39, 0.29) is 11.3 Å². The van der Waals surface area contributed by atoms with E-state index in [2.05, 4.69) is 5.32 Å². The highest BCUT2D eigenvalue weighted by atomic mass is 32.1. The van der Waals surface area contributed by atoms with E-state index in [0.29, 0.717) is 4.99 Å². The van der Waals surface area contributed by atoms with Crippen molar-refractivity contribution in [2.24, 2.45) is 11.1 Å². The number of carbonyl (C=O) groups is 1. The van der Waals surface area contributed by atoms with Gasteiger partial charge < -0.3 is 11.1 Å². The molecule has 0 aromatic rings. The second-order valence-corrected chi connectivity index (χ2v) is 5.71. The van der Waals surface area contributed by atoms with Gasteiger partial charge in [0.15, 0.2) is 0 Å². The SMILES string of the molecule is CCC(C)(NC(=O)C1(C)CCCC1)C(N)=S. The first-order valence-electron chi connectivity index (χ1n) is 5.96. The van der Waals surface area contributed by atoms with Crippen molar-refractivity contribution in [3.05, 3.63) is 0 Å². The van der Waals surface area contributed by atoms with Crippen molar-refractivity contribution in [3.63, 3.8) is 0 Å². The summed E-state index contributed by atoms with van der Waals surface area (Å²) >= 11 is 5.02. The summed E-state index contributed by atoms with van der Waals surface area (Å²) in [6, 6.07) is 0. The van der Waals surface area contributed by atoms with Gasteiger partial charge in [0.25, 0.3) is 0 Å². The van der Waals surface area contributed by atoms with Gasteiger partial charge in [0.2, 0.25) is 5.91 Å². The summed E-state index contributed by atoms with van der Waals surface area (Å²) < 4.78 is 0. The van der Waals surface area contributed by atoms with Crippen molar-refractivity contribution in [1.29, 1.82) is 0 Å². The van der Waals surface area contributed by atoms with Crippen molar-refractivity contribution in [2.45, 2.75) is 58.4 Å². The Morgan fingerprint density at radius 1 is 1.50 bits per heavy atom. The molecule has 0 aliphatic heterocycles. The monoisotopic (exact) mass is 242 g/mol. The molecule has 0 heterocycles. The summed E-state index contributed by atoms with van der Waals surface area (Å²) in [5, 5.41) is 3.02. The number of amides is 1. The molecule has 16 heavy (non-hydrogen) atoms. The van der Waals surface area contributed by atoms with Gasteiger partial charge in [0.05, 0.1) is 10.5 Å². The summed E-state index contributed by atoms with van der Waals surface area (Å²) in [6.07, 6.45) is 4.94. The zero-order chi connectivity index (χ0) is 12.4. The lowest BCUT2D eigenvalue weighted by Gasteiger charge is -2.33. The zero-order valence-electron chi connectivity index (χ0n) is 10.4. The van der Waals surface area contributed by atoms with Crippen LogP contribution in [0.2, 0.25) is 0 Å². The maximum absolute atomic E-state index is 12.2. The van der Waals surface area contributed by atoms with Crippen molar-refractivity contribution in [3.8, 4) is 0 Å². The van der Waals surface area contributed by atoms with Crippen LogP contribution >= 0.6 is 12.2 Å². The Labute approximate surface area is 103 Å². The molecule has 1 aliphatic carbocycles. The molecule has 0 saturated heterocycles. The van der Waals surface area contributed by atoms with Crippen LogP contribution in [0.25, 0.3) is 0 Å². The Balaban J connectivity index is 2.73. The first-order chi connectivity index (χ1) is 7.34.